The molecule has 0 saturated carbocycles. The largest absolute Gasteiger partial charge is 0.507 e. The van der Waals surface area contributed by atoms with Crippen LogP contribution in [-0.4, -0.2) is 35.5 Å². The highest BCUT2D eigenvalue weighted by molar-refractivity contribution is 5.96. The average Bonchev–Trinajstić information content (AvgIpc) is 2.33. The third-order valence-corrected chi connectivity index (χ3v) is 2.66. The molecule has 1 amide bonds. The number of carbonyl (C=O) groups is 1. The normalized spacial score (nSPS) is 10.4. The van der Waals surface area contributed by atoms with Crippen molar-refractivity contribution < 1.29 is 14.3 Å². The number of nitrogens with two attached hydrogens (primary N) is 1. The molecule has 0 radical (unpaired) electrons. The molecule has 0 bridgehead atoms. The standard InChI is InChI=1S/C13H19FN2O2/c1-2-3-7-16(8-6-15)13(18)11-5-4-10(14)9-12(11)17/h4-5,9,17H,2-3,6-8,15H2,1H3. The summed E-state index contributed by atoms with van der Waals surface area (Å²) in [4.78, 5) is 13.7. The summed E-state index contributed by atoms with van der Waals surface area (Å²) >= 11 is 0. The van der Waals surface area contributed by atoms with Gasteiger partial charge in [0.05, 0.1) is 5.56 Å². The van der Waals surface area contributed by atoms with Crippen molar-refractivity contribution in [3.8, 4) is 5.75 Å². The quantitative estimate of drug-likeness (QED) is 0.812. The second kappa shape index (κ2) is 6.96. The van der Waals surface area contributed by atoms with Gasteiger partial charge in [0.15, 0.2) is 0 Å². The van der Waals surface area contributed by atoms with Crippen molar-refractivity contribution in [1.82, 2.24) is 4.90 Å². The van der Waals surface area contributed by atoms with Crippen LogP contribution in [0.4, 0.5) is 4.39 Å². The van der Waals surface area contributed by atoms with Crippen LogP contribution in [0.2, 0.25) is 0 Å². The van der Waals surface area contributed by atoms with E-state index in [0.717, 1.165) is 25.0 Å². The fraction of sp³-hybridized carbons (Fsp3) is 0.462. The number of carbonyl (C=O) groups excluding carboxylic acids is 1. The molecule has 0 saturated heterocycles. The molecule has 0 heterocycles. The number of phenols is 1. The minimum absolute atomic E-state index is 0.112. The van der Waals surface area contributed by atoms with Crippen molar-refractivity contribution in [1.29, 1.82) is 0 Å². The molecule has 0 fully saturated rings. The van der Waals surface area contributed by atoms with Crippen LogP contribution in [0.15, 0.2) is 18.2 Å². The van der Waals surface area contributed by atoms with Crippen LogP contribution in [-0.2, 0) is 0 Å². The maximum Gasteiger partial charge on any atom is 0.257 e. The Hall–Kier alpha value is -1.62. The molecule has 3 N–H and O–H groups in total. The van der Waals surface area contributed by atoms with E-state index in [0.29, 0.717) is 19.6 Å². The van der Waals surface area contributed by atoms with E-state index in [1.54, 1.807) is 4.90 Å². The molecule has 4 nitrogen and oxygen atoms in total. The van der Waals surface area contributed by atoms with Crippen molar-refractivity contribution in [2.24, 2.45) is 5.73 Å². The minimum atomic E-state index is -0.567. The zero-order valence-electron chi connectivity index (χ0n) is 10.5. The number of nitrogens with zero attached hydrogens (tertiary/aromatic N) is 1. The molecule has 18 heavy (non-hydrogen) atoms. The summed E-state index contributed by atoms with van der Waals surface area (Å²) in [6.45, 7) is 3.40. The molecule has 0 aromatic heterocycles. The first-order valence-corrected chi connectivity index (χ1v) is 6.08. The van der Waals surface area contributed by atoms with E-state index in [-0.39, 0.29) is 17.2 Å². The predicted octanol–water partition coefficient (Wildman–Crippen LogP) is 1.73. The first-order chi connectivity index (χ1) is 8.60. The SMILES string of the molecule is CCCCN(CCN)C(=O)c1ccc(F)cc1O. The van der Waals surface area contributed by atoms with Crippen LogP contribution < -0.4 is 5.73 Å². The van der Waals surface area contributed by atoms with Crippen LogP contribution >= 0.6 is 0 Å². The van der Waals surface area contributed by atoms with Crippen LogP contribution in [0.5, 0.6) is 5.75 Å². The zero-order chi connectivity index (χ0) is 13.5. The Morgan fingerprint density at radius 2 is 2.17 bits per heavy atom. The average molecular weight is 254 g/mol. The molecule has 0 unspecified atom stereocenters. The topological polar surface area (TPSA) is 66.6 Å². The van der Waals surface area contributed by atoms with Gasteiger partial charge in [0, 0.05) is 25.7 Å². The molecule has 0 spiro atoms. The lowest BCUT2D eigenvalue weighted by Gasteiger charge is -2.22. The van der Waals surface area contributed by atoms with Gasteiger partial charge in [0.1, 0.15) is 11.6 Å². The van der Waals surface area contributed by atoms with E-state index in [1.807, 2.05) is 6.92 Å². The van der Waals surface area contributed by atoms with Crippen molar-refractivity contribution in [2.45, 2.75) is 19.8 Å². The highest BCUT2D eigenvalue weighted by Crippen LogP contribution is 2.20. The van der Waals surface area contributed by atoms with Gasteiger partial charge in [-0.15, -0.1) is 0 Å². The molecule has 1 aromatic carbocycles. The summed E-state index contributed by atoms with van der Waals surface area (Å²) < 4.78 is 12.9. The fourth-order valence-corrected chi connectivity index (χ4v) is 1.68. The molecule has 0 aliphatic rings. The maximum atomic E-state index is 12.9. The smallest absolute Gasteiger partial charge is 0.257 e. The summed E-state index contributed by atoms with van der Waals surface area (Å²) in [5.41, 5.74) is 5.57. The van der Waals surface area contributed by atoms with Gasteiger partial charge in [-0.05, 0) is 18.6 Å². The Bertz CT molecular complexity index is 410. The number of hydrogen-bond acceptors (Lipinski definition) is 3. The molecule has 5 heteroatoms. The molecule has 0 atom stereocenters. The predicted molar refractivity (Wildman–Crippen MR) is 67.9 cm³/mol. The number of benzene rings is 1. The van der Waals surface area contributed by atoms with Crippen LogP contribution in [0, 0.1) is 5.82 Å². The Labute approximate surface area is 106 Å². The van der Waals surface area contributed by atoms with Gasteiger partial charge in [-0.2, -0.15) is 0 Å². The van der Waals surface area contributed by atoms with Crippen LogP contribution in [0.1, 0.15) is 30.1 Å². The maximum absolute atomic E-state index is 12.9. The number of amides is 1. The molecule has 1 aromatic rings. The first-order valence-electron chi connectivity index (χ1n) is 6.08. The summed E-state index contributed by atoms with van der Waals surface area (Å²) in [5.74, 6) is -1.21. The number of aromatic hydroxyl groups is 1. The molecule has 0 aliphatic carbocycles. The highest BCUT2D eigenvalue weighted by atomic mass is 19.1. The summed E-state index contributed by atoms with van der Waals surface area (Å²) in [6, 6.07) is 3.39. The lowest BCUT2D eigenvalue weighted by molar-refractivity contribution is 0.0755. The molecule has 100 valence electrons. The van der Waals surface area contributed by atoms with Crippen LogP contribution in [0.25, 0.3) is 0 Å². The van der Waals surface area contributed by atoms with Crippen LogP contribution in [0.3, 0.4) is 0 Å². The lowest BCUT2D eigenvalue weighted by atomic mass is 10.1. The second-order valence-corrected chi connectivity index (χ2v) is 4.10. The Morgan fingerprint density at radius 3 is 2.72 bits per heavy atom. The van der Waals surface area contributed by atoms with Crippen molar-refractivity contribution in [2.75, 3.05) is 19.6 Å². The third-order valence-electron chi connectivity index (χ3n) is 2.66. The van der Waals surface area contributed by atoms with E-state index >= 15 is 0 Å². The van der Waals surface area contributed by atoms with Gasteiger partial charge in [0.2, 0.25) is 0 Å². The highest BCUT2D eigenvalue weighted by Gasteiger charge is 2.18. The summed E-state index contributed by atoms with van der Waals surface area (Å²) in [6.07, 6.45) is 1.83. The Kier molecular flexibility index (Phi) is 5.58. The Morgan fingerprint density at radius 1 is 1.44 bits per heavy atom. The molecule has 0 aliphatic heterocycles. The minimum Gasteiger partial charge on any atom is -0.507 e. The number of halogens is 1. The number of unbranched alkanes of at least 4 members (excludes halogenated alkanes) is 1. The summed E-state index contributed by atoms with van der Waals surface area (Å²) in [5, 5.41) is 9.59. The van der Waals surface area contributed by atoms with Gasteiger partial charge < -0.3 is 15.7 Å². The zero-order valence-corrected chi connectivity index (χ0v) is 10.5. The van der Waals surface area contributed by atoms with Gasteiger partial charge in [0.25, 0.3) is 5.91 Å². The Balaban J connectivity index is 2.87. The van der Waals surface area contributed by atoms with E-state index in [2.05, 4.69) is 0 Å². The number of phenolic OH excluding ortho intramolecular Hbond substituents is 1. The van der Waals surface area contributed by atoms with E-state index in [1.165, 1.54) is 6.07 Å². The lowest BCUT2D eigenvalue weighted by Crippen LogP contribution is -2.36. The van der Waals surface area contributed by atoms with Crippen molar-refractivity contribution in [3.05, 3.63) is 29.6 Å². The van der Waals surface area contributed by atoms with E-state index in [9.17, 15) is 14.3 Å². The third kappa shape index (κ3) is 3.70. The number of hydrogen-bond donors (Lipinski definition) is 2. The van der Waals surface area contributed by atoms with Gasteiger partial charge in [-0.3, -0.25) is 4.79 Å². The van der Waals surface area contributed by atoms with Gasteiger partial charge in [-0.25, -0.2) is 4.39 Å². The monoisotopic (exact) mass is 254 g/mol. The van der Waals surface area contributed by atoms with Gasteiger partial charge in [-0.1, -0.05) is 13.3 Å². The molecule has 1 rings (SSSR count). The van der Waals surface area contributed by atoms with Crippen molar-refractivity contribution in [3.63, 3.8) is 0 Å². The van der Waals surface area contributed by atoms with E-state index < -0.39 is 5.82 Å². The summed E-state index contributed by atoms with van der Waals surface area (Å²) in [7, 11) is 0. The fourth-order valence-electron chi connectivity index (χ4n) is 1.68. The second-order valence-electron chi connectivity index (χ2n) is 4.10. The first kappa shape index (κ1) is 14.4. The molecular weight excluding hydrogens is 235 g/mol. The van der Waals surface area contributed by atoms with Crippen molar-refractivity contribution >= 4 is 5.91 Å². The molecular formula is C13H19FN2O2. The number of rotatable bonds is 6. The van der Waals surface area contributed by atoms with E-state index in [4.69, 9.17) is 5.73 Å². The van der Waals surface area contributed by atoms with Gasteiger partial charge >= 0.3 is 0 Å².